The summed E-state index contributed by atoms with van der Waals surface area (Å²) >= 11 is 12.3. The standard InChI is InChI=1S/C16H15Cl2N3/c1-2-11-5-4-8-19-13(11)10-21-14-7-3-6-12(18)16(14)20-15(21)9-17/h3-8H,2,9-10H2,1H3. The van der Waals surface area contributed by atoms with Crippen LogP contribution < -0.4 is 0 Å². The van der Waals surface area contributed by atoms with Crippen LogP contribution in [0, 0.1) is 0 Å². The number of para-hydroxylation sites is 1. The Balaban J connectivity index is 2.13. The van der Waals surface area contributed by atoms with Crippen LogP contribution in [-0.4, -0.2) is 14.5 Å². The fourth-order valence-corrected chi connectivity index (χ4v) is 2.94. The van der Waals surface area contributed by atoms with E-state index in [1.165, 1.54) is 5.56 Å². The van der Waals surface area contributed by atoms with E-state index in [4.69, 9.17) is 23.2 Å². The van der Waals surface area contributed by atoms with Crippen molar-refractivity contribution in [1.29, 1.82) is 0 Å². The van der Waals surface area contributed by atoms with E-state index in [0.29, 0.717) is 17.4 Å². The van der Waals surface area contributed by atoms with E-state index >= 15 is 0 Å². The maximum absolute atomic E-state index is 6.23. The fourth-order valence-electron chi connectivity index (χ4n) is 2.52. The summed E-state index contributed by atoms with van der Waals surface area (Å²) < 4.78 is 2.09. The molecule has 0 unspecified atom stereocenters. The molecular weight excluding hydrogens is 305 g/mol. The smallest absolute Gasteiger partial charge is 0.125 e. The van der Waals surface area contributed by atoms with E-state index in [2.05, 4.69) is 27.5 Å². The molecule has 0 spiro atoms. The first-order valence-electron chi connectivity index (χ1n) is 6.87. The molecule has 2 heterocycles. The average Bonchev–Trinajstić information content (AvgIpc) is 2.87. The molecule has 1 aromatic carbocycles. The maximum atomic E-state index is 6.23. The summed E-state index contributed by atoms with van der Waals surface area (Å²) in [6, 6.07) is 9.86. The van der Waals surface area contributed by atoms with Gasteiger partial charge >= 0.3 is 0 Å². The lowest BCUT2D eigenvalue weighted by Crippen LogP contribution is -2.07. The molecule has 0 N–H and O–H groups in total. The van der Waals surface area contributed by atoms with E-state index in [9.17, 15) is 0 Å². The summed E-state index contributed by atoms with van der Waals surface area (Å²) in [5.41, 5.74) is 4.07. The molecule has 0 bridgehead atoms. The van der Waals surface area contributed by atoms with Crippen LogP contribution in [0.25, 0.3) is 11.0 Å². The Labute approximate surface area is 133 Å². The second kappa shape index (κ2) is 6.04. The van der Waals surface area contributed by atoms with Crippen LogP contribution >= 0.6 is 23.2 Å². The normalized spacial score (nSPS) is 11.2. The van der Waals surface area contributed by atoms with Crippen LogP contribution in [-0.2, 0) is 18.8 Å². The van der Waals surface area contributed by atoms with Crippen LogP contribution in [0.4, 0.5) is 0 Å². The summed E-state index contributed by atoms with van der Waals surface area (Å²) in [6.07, 6.45) is 2.77. The van der Waals surface area contributed by atoms with Gasteiger partial charge in [-0.25, -0.2) is 4.98 Å². The van der Waals surface area contributed by atoms with Gasteiger partial charge in [0.15, 0.2) is 0 Å². The molecule has 5 heteroatoms. The van der Waals surface area contributed by atoms with E-state index in [1.807, 2.05) is 30.5 Å². The molecule has 3 aromatic rings. The highest BCUT2D eigenvalue weighted by atomic mass is 35.5. The molecule has 0 aliphatic heterocycles. The van der Waals surface area contributed by atoms with Gasteiger partial charge in [0.1, 0.15) is 11.3 Å². The molecule has 0 amide bonds. The number of rotatable bonds is 4. The third kappa shape index (κ3) is 2.63. The topological polar surface area (TPSA) is 30.7 Å². The van der Waals surface area contributed by atoms with Gasteiger partial charge < -0.3 is 4.57 Å². The summed E-state index contributed by atoms with van der Waals surface area (Å²) in [6.45, 7) is 2.79. The number of imidazole rings is 1. The van der Waals surface area contributed by atoms with Crippen molar-refractivity contribution >= 4 is 34.2 Å². The second-order valence-electron chi connectivity index (χ2n) is 4.82. The van der Waals surface area contributed by atoms with Crippen LogP contribution in [0.1, 0.15) is 24.0 Å². The minimum Gasteiger partial charge on any atom is -0.321 e. The molecular formula is C16H15Cl2N3. The summed E-state index contributed by atoms with van der Waals surface area (Å²) in [7, 11) is 0. The average molecular weight is 320 g/mol. The van der Waals surface area contributed by atoms with Crippen molar-refractivity contribution in [3.05, 3.63) is 58.6 Å². The quantitative estimate of drug-likeness (QED) is 0.666. The van der Waals surface area contributed by atoms with Gasteiger partial charge in [0, 0.05) is 6.20 Å². The molecule has 0 atom stereocenters. The van der Waals surface area contributed by atoms with Gasteiger partial charge in [-0.2, -0.15) is 0 Å². The Bertz CT molecular complexity index is 780. The molecule has 108 valence electrons. The van der Waals surface area contributed by atoms with Gasteiger partial charge in [-0.1, -0.05) is 30.7 Å². The summed E-state index contributed by atoms with van der Waals surface area (Å²) in [5.74, 6) is 1.16. The minimum atomic E-state index is 0.347. The Morgan fingerprint density at radius 1 is 1.19 bits per heavy atom. The van der Waals surface area contributed by atoms with Gasteiger partial charge in [0.05, 0.1) is 28.7 Å². The van der Waals surface area contributed by atoms with Crippen molar-refractivity contribution in [2.45, 2.75) is 25.8 Å². The molecule has 0 fully saturated rings. The first kappa shape index (κ1) is 14.4. The third-order valence-corrected chi connectivity index (χ3v) is 4.15. The molecule has 0 aliphatic rings. The van der Waals surface area contributed by atoms with Crippen LogP contribution in [0.2, 0.25) is 5.02 Å². The summed E-state index contributed by atoms with van der Waals surface area (Å²) in [4.78, 5) is 9.06. The van der Waals surface area contributed by atoms with Gasteiger partial charge in [-0.3, -0.25) is 4.98 Å². The Kier molecular flexibility index (Phi) is 4.13. The lowest BCUT2D eigenvalue weighted by molar-refractivity contribution is 0.747. The highest BCUT2D eigenvalue weighted by Crippen LogP contribution is 2.25. The molecule has 2 aromatic heterocycles. The van der Waals surface area contributed by atoms with Crippen LogP contribution in [0.15, 0.2) is 36.5 Å². The number of fused-ring (bicyclic) bond motifs is 1. The lowest BCUT2D eigenvalue weighted by atomic mass is 10.1. The van der Waals surface area contributed by atoms with E-state index in [-0.39, 0.29) is 0 Å². The molecule has 0 aliphatic carbocycles. The van der Waals surface area contributed by atoms with Crippen LogP contribution in [0.5, 0.6) is 0 Å². The zero-order valence-corrected chi connectivity index (χ0v) is 13.2. The number of aromatic nitrogens is 3. The second-order valence-corrected chi connectivity index (χ2v) is 5.49. The van der Waals surface area contributed by atoms with E-state index in [1.54, 1.807) is 0 Å². The zero-order valence-electron chi connectivity index (χ0n) is 11.7. The predicted molar refractivity (Wildman–Crippen MR) is 87.0 cm³/mol. The number of pyridine rings is 1. The van der Waals surface area contributed by atoms with Crippen molar-refractivity contribution in [2.24, 2.45) is 0 Å². The minimum absolute atomic E-state index is 0.347. The Hall–Kier alpha value is -1.58. The number of aryl methyl sites for hydroxylation is 1. The van der Waals surface area contributed by atoms with Crippen molar-refractivity contribution in [3.8, 4) is 0 Å². The predicted octanol–water partition coefficient (Wildman–Crippen LogP) is 4.43. The Morgan fingerprint density at radius 2 is 2.05 bits per heavy atom. The van der Waals surface area contributed by atoms with Crippen molar-refractivity contribution < 1.29 is 0 Å². The lowest BCUT2D eigenvalue weighted by Gasteiger charge is -2.10. The first-order chi connectivity index (χ1) is 10.2. The highest BCUT2D eigenvalue weighted by molar-refractivity contribution is 6.35. The fraction of sp³-hybridized carbons (Fsp3) is 0.250. The molecule has 0 saturated heterocycles. The van der Waals surface area contributed by atoms with Crippen molar-refractivity contribution in [1.82, 2.24) is 14.5 Å². The maximum Gasteiger partial charge on any atom is 0.125 e. The van der Waals surface area contributed by atoms with E-state index in [0.717, 1.165) is 29.0 Å². The largest absolute Gasteiger partial charge is 0.321 e. The number of hydrogen-bond acceptors (Lipinski definition) is 2. The van der Waals surface area contributed by atoms with E-state index < -0.39 is 0 Å². The summed E-state index contributed by atoms with van der Waals surface area (Å²) in [5, 5.41) is 0.648. The van der Waals surface area contributed by atoms with Gasteiger partial charge in [0.25, 0.3) is 0 Å². The SMILES string of the molecule is CCc1cccnc1Cn1c(CCl)nc2c(Cl)cccc21. The number of halogens is 2. The van der Waals surface area contributed by atoms with Gasteiger partial charge in [-0.05, 0) is 30.2 Å². The first-order valence-corrected chi connectivity index (χ1v) is 7.78. The van der Waals surface area contributed by atoms with Crippen molar-refractivity contribution in [2.75, 3.05) is 0 Å². The van der Waals surface area contributed by atoms with Gasteiger partial charge in [0.2, 0.25) is 0 Å². The molecule has 3 rings (SSSR count). The monoisotopic (exact) mass is 319 g/mol. The zero-order chi connectivity index (χ0) is 14.8. The van der Waals surface area contributed by atoms with Crippen LogP contribution in [0.3, 0.4) is 0 Å². The number of benzene rings is 1. The molecule has 21 heavy (non-hydrogen) atoms. The number of alkyl halides is 1. The molecule has 0 saturated carbocycles. The van der Waals surface area contributed by atoms with Gasteiger partial charge in [-0.15, -0.1) is 11.6 Å². The highest BCUT2D eigenvalue weighted by Gasteiger charge is 2.14. The molecule has 0 radical (unpaired) electrons. The number of hydrogen-bond donors (Lipinski definition) is 0. The number of nitrogens with zero attached hydrogens (tertiary/aromatic N) is 3. The third-order valence-electron chi connectivity index (χ3n) is 3.60. The molecule has 3 nitrogen and oxygen atoms in total. The van der Waals surface area contributed by atoms with Crippen molar-refractivity contribution in [3.63, 3.8) is 0 Å². The Morgan fingerprint density at radius 3 is 2.81 bits per heavy atom.